The number of rotatable bonds is 3. The molecule has 5 nitrogen and oxygen atoms in total. The first-order chi connectivity index (χ1) is 12.2. The molecule has 2 N–H and O–H groups in total. The van der Waals surface area contributed by atoms with Gasteiger partial charge >= 0.3 is 6.03 Å². The van der Waals surface area contributed by atoms with Gasteiger partial charge in [-0.3, -0.25) is 0 Å². The first-order valence-corrected chi connectivity index (χ1v) is 9.12. The first-order valence-electron chi connectivity index (χ1n) is 8.13. The number of hydrogen-bond acceptors (Lipinski definition) is 3. The second-order valence-corrected chi connectivity index (χ2v) is 7.00. The topological polar surface area (TPSA) is 59.0 Å². The second kappa shape index (κ2) is 6.64. The summed E-state index contributed by atoms with van der Waals surface area (Å²) in [5, 5.41) is 6.82. The molecule has 0 radical (unpaired) electrons. The fraction of sp³-hybridized carbons (Fsp3) is 0.158. The Kier molecular flexibility index (Phi) is 4.19. The number of urea groups is 1. The van der Waals surface area contributed by atoms with Gasteiger partial charge in [-0.05, 0) is 25.1 Å². The van der Waals surface area contributed by atoms with Gasteiger partial charge in [0.15, 0.2) is 5.16 Å². The number of aromatic nitrogens is 2. The van der Waals surface area contributed by atoms with Crippen molar-refractivity contribution in [3.05, 3.63) is 60.3 Å². The molecule has 0 atom stereocenters. The van der Waals surface area contributed by atoms with E-state index in [1.165, 1.54) is 0 Å². The van der Waals surface area contributed by atoms with Crippen molar-refractivity contribution in [1.82, 2.24) is 9.55 Å². The molecule has 126 valence electrons. The summed E-state index contributed by atoms with van der Waals surface area (Å²) in [6, 6.07) is 15.2. The van der Waals surface area contributed by atoms with Gasteiger partial charge in [-0.2, -0.15) is 0 Å². The predicted molar refractivity (Wildman–Crippen MR) is 102 cm³/mol. The lowest BCUT2D eigenvalue weighted by Gasteiger charge is -2.11. The average Bonchev–Trinajstić information content (AvgIpc) is 3.19. The molecule has 0 spiro atoms. The zero-order valence-corrected chi connectivity index (χ0v) is 14.6. The Labute approximate surface area is 150 Å². The summed E-state index contributed by atoms with van der Waals surface area (Å²) in [5.41, 5.74) is 4.46. The highest BCUT2D eigenvalue weighted by Crippen LogP contribution is 2.32. The maximum atomic E-state index is 12.3. The third-order valence-corrected chi connectivity index (χ3v) is 5.03. The molecule has 6 heteroatoms. The molecule has 0 aliphatic carbocycles. The number of carbonyl (C=O) groups excluding carboxylic acids is 1. The maximum absolute atomic E-state index is 12.3. The Morgan fingerprint density at radius 3 is 2.72 bits per heavy atom. The Hall–Kier alpha value is -2.73. The third kappa shape index (κ3) is 3.39. The summed E-state index contributed by atoms with van der Waals surface area (Å²) in [6.07, 6.45) is 2.05. The van der Waals surface area contributed by atoms with E-state index in [9.17, 15) is 4.79 Å². The number of nitrogens with one attached hydrogen (secondary N) is 2. The van der Waals surface area contributed by atoms with Crippen LogP contribution in [-0.2, 0) is 6.54 Å². The van der Waals surface area contributed by atoms with Gasteiger partial charge in [-0.25, -0.2) is 9.78 Å². The molecule has 1 aliphatic heterocycles. The van der Waals surface area contributed by atoms with Gasteiger partial charge < -0.3 is 15.2 Å². The molecule has 1 aromatic heterocycles. The third-order valence-electron chi connectivity index (χ3n) is 4.06. The number of amides is 2. The van der Waals surface area contributed by atoms with E-state index in [1.54, 1.807) is 11.8 Å². The minimum absolute atomic E-state index is 0.266. The van der Waals surface area contributed by atoms with Crippen molar-refractivity contribution in [1.29, 1.82) is 0 Å². The Morgan fingerprint density at radius 2 is 1.92 bits per heavy atom. The summed E-state index contributed by atoms with van der Waals surface area (Å²) in [4.78, 5) is 17.0. The maximum Gasteiger partial charge on any atom is 0.323 e. The van der Waals surface area contributed by atoms with Crippen LogP contribution in [0.4, 0.5) is 16.2 Å². The quantitative estimate of drug-likeness (QED) is 0.725. The molecule has 25 heavy (non-hydrogen) atoms. The van der Waals surface area contributed by atoms with E-state index >= 15 is 0 Å². The van der Waals surface area contributed by atoms with E-state index in [-0.39, 0.29) is 6.03 Å². The molecule has 2 aromatic carbocycles. The number of hydrogen-bond donors (Lipinski definition) is 2. The summed E-state index contributed by atoms with van der Waals surface area (Å²) in [7, 11) is 0. The fourth-order valence-corrected chi connectivity index (χ4v) is 3.72. The van der Waals surface area contributed by atoms with E-state index in [1.807, 2.05) is 61.7 Å². The number of fused-ring (bicyclic) bond motifs is 1. The monoisotopic (exact) mass is 350 g/mol. The normalized spacial score (nSPS) is 12.7. The van der Waals surface area contributed by atoms with Gasteiger partial charge in [0.25, 0.3) is 0 Å². The van der Waals surface area contributed by atoms with Crippen molar-refractivity contribution in [2.45, 2.75) is 18.6 Å². The highest BCUT2D eigenvalue weighted by atomic mass is 32.2. The summed E-state index contributed by atoms with van der Waals surface area (Å²) >= 11 is 1.76. The number of aryl methyl sites for hydroxylation is 2. The number of nitrogens with zero attached hydrogens (tertiary/aromatic N) is 2. The lowest BCUT2D eigenvalue weighted by molar-refractivity contribution is 0.262. The first kappa shape index (κ1) is 15.8. The highest BCUT2D eigenvalue weighted by Gasteiger charge is 2.17. The molecule has 0 unspecified atom stereocenters. The molecule has 0 saturated heterocycles. The lowest BCUT2D eigenvalue weighted by Crippen LogP contribution is -2.19. The molecule has 0 fully saturated rings. The van der Waals surface area contributed by atoms with Gasteiger partial charge in [0.1, 0.15) is 0 Å². The summed E-state index contributed by atoms with van der Waals surface area (Å²) in [6.45, 7) is 3.00. The SMILES string of the molecule is Cc1ccc(NC(=O)Nc2ccccc2-c2cn3c(n2)SCC3)cc1. The van der Waals surface area contributed by atoms with Crippen molar-refractivity contribution in [2.24, 2.45) is 0 Å². The Bertz CT molecular complexity index is 896. The van der Waals surface area contributed by atoms with Crippen molar-refractivity contribution in [3.8, 4) is 11.3 Å². The molecule has 2 amide bonds. The largest absolute Gasteiger partial charge is 0.325 e. The lowest BCUT2D eigenvalue weighted by atomic mass is 10.1. The number of carbonyl (C=O) groups is 1. The Morgan fingerprint density at radius 1 is 1.12 bits per heavy atom. The van der Waals surface area contributed by atoms with Crippen LogP contribution < -0.4 is 10.6 Å². The van der Waals surface area contributed by atoms with Crippen LogP contribution >= 0.6 is 11.8 Å². The standard InChI is InChI=1S/C19H18N4OS/c1-13-6-8-14(9-7-13)20-18(24)21-16-5-3-2-4-15(16)17-12-23-10-11-25-19(23)22-17/h2-9,12H,10-11H2,1H3,(H2,20,21,24). The second-order valence-electron chi connectivity index (χ2n) is 5.94. The zero-order chi connectivity index (χ0) is 17.2. The van der Waals surface area contributed by atoms with Gasteiger partial charge in [-0.1, -0.05) is 47.7 Å². The minimum atomic E-state index is -0.266. The highest BCUT2D eigenvalue weighted by molar-refractivity contribution is 7.99. The Balaban J connectivity index is 1.54. The van der Waals surface area contributed by atoms with Crippen LogP contribution in [0.15, 0.2) is 59.9 Å². The number of thioether (sulfide) groups is 1. The molecule has 4 rings (SSSR count). The molecule has 2 heterocycles. The van der Waals surface area contributed by atoms with E-state index in [0.717, 1.165) is 45.6 Å². The van der Waals surface area contributed by atoms with E-state index in [0.29, 0.717) is 0 Å². The van der Waals surface area contributed by atoms with E-state index < -0.39 is 0 Å². The van der Waals surface area contributed by atoms with Gasteiger partial charge in [0.2, 0.25) is 0 Å². The van der Waals surface area contributed by atoms with Crippen LogP contribution in [0, 0.1) is 6.92 Å². The molecule has 0 bridgehead atoms. The van der Waals surface area contributed by atoms with Crippen LogP contribution in [0.3, 0.4) is 0 Å². The van der Waals surface area contributed by atoms with E-state index in [2.05, 4.69) is 20.2 Å². The van der Waals surface area contributed by atoms with Crippen molar-refractivity contribution in [3.63, 3.8) is 0 Å². The van der Waals surface area contributed by atoms with E-state index in [4.69, 9.17) is 0 Å². The van der Waals surface area contributed by atoms with Gasteiger partial charge in [0, 0.05) is 29.7 Å². The fourth-order valence-electron chi connectivity index (χ4n) is 2.78. The molecule has 1 aliphatic rings. The molecular weight excluding hydrogens is 332 g/mol. The minimum Gasteiger partial charge on any atom is -0.325 e. The van der Waals surface area contributed by atoms with Crippen LogP contribution in [-0.4, -0.2) is 21.3 Å². The molecule has 0 saturated carbocycles. The smallest absolute Gasteiger partial charge is 0.323 e. The average molecular weight is 350 g/mol. The van der Waals surface area contributed by atoms with Crippen molar-refractivity contribution < 1.29 is 4.79 Å². The predicted octanol–water partition coefficient (Wildman–Crippen LogP) is 4.61. The summed E-state index contributed by atoms with van der Waals surface area (Å²) in [5.74, 6) is 1.07. The zero-order valence-electron chi connectivity index (χ0n) is 13.8. The molecular formula is C19H18N4OS. The van der Waals surface area contributed by atoms with Gasteiger partial charge in [-0.15, -0.1) is 0 Å². The molecule has 3 aromatic rings. The number of imidazole rings is 1. The number of benzene rings is 2. The number of para-hydroxylation sites is 1. The van der Waals surface area contributed by atoms with Crippen LogP contribution in [0.2, 0.25) is 0 Å². The summed E-state index contributed by atoms with van der Waals surface area (Å²) < 4.78 is 2.16. The van der Waals surface area contributed by atoms with Crippen LogP contribution in [0.25, 0.3) is 11.3 Å². The van der Waals surface area contributed by atoms with Crippen LogP contribution in [0.1, 0.15) is 5.56 Å². The van der Waals surface area contributed by atoms with Crippen molar-refractivity contribution >= 4 is 29.2 Å². The van der Waals surface area contributed by atoms with Crippen molar-refractivity contribution in [2.75, 3.05) is 16.4 Å². The van der Waals surface area contributed by atoms with Gasteiger partial charge in [0.05, 0.1) is 11.4 Å². The number of anilines is 2. The van der Waals surface area contributed by atoms with Crippen LogP contribution in [0.5, 0.6) is 0 Å².